The van der Waals surface area contributed by atoms with Gasteiger partial charge in [0.1, 0.15) is 17.2 Å². The number of nitrogens with one attached hydrogen (secondary N) is 2. The van der Waals surface area contributed by atoms with Crippen molar-refractivity contribution in [2.75, 3.05) is 25.1 Å². The fraction of sp³-hybridized carbons (Fsp3) is 0.175. The molecule has 11 heteroatoms. The Morgan fingerprint density at radius 3 is 1.88 bits per heavy atom. The summed E-state index contributed by atoms with van der Waals surface area (Å²) in [5.41, 5.74) is 3.29. The average Bonchev–Trinajstić information content (AvgIpc) is 3.12. The van der Waals surface area contributed by atoms with E-state index in [9.17, 15) is 19.5 Å². The minimum absolute atomic E-state index is 0.266. The van der Waals surface area contributed by atoms with Crippen LogP contribution in [0.2, 0.25) is 10.0 Å². The van der Waals surface area contributed by atoms with Crippen LogP contribution in [0, 0.1) is 0 Å². The van der Waals surface area contributed by atoms with Crippen molar-refractivity contribution in [3.05, 3.63) is 131 Å². The van der Waals surface area contributed by atoms with Crippen molar-refractivity contribution in [1.29, 1.82) is 0 Å². The number of unbranched alkanes of at least 4 members (excludes halogenated alkanes) is 3. The second-order valence-electron chi connectivity index (χ2n) is 11.5. The number of carbonyl (C=O) groups excluding carboxylic acids is 2. The van der Waals surface area contributed by atoms with Gasteiger partial charge in [-0.1, -0.05) is 72.1 Å². The first-order chi connectivity index (χ1) is 24.7. The van der Waals surface area contributed by atoms with E-state index in [1.807, 2.05) is 42.5 Å². The highest BCUT2D eigenvalue weighted by Gasteiger charge is 2.20. The van der Waals surface area contributed by atoms with Gasteiger partial charge in [0.05, 0.1) is 6.61 Å². The van der Waals surface area contributed by atoms with E-state index in [-0.39, 0.29) is 12.5 Å². The monoisotopic (exact) mass is 726 g/mol. The molecule has 0 aliphatic heterocycles. The molecule has 0 saturated carbocycles. The van der Waals surface area contributed by atoms with Crippen molar-refractivity contribution in [2.45, 2.75) is 25.7 Å². The first-order valence-corrected chi connectivity index (χ1v) is 17.1. The molecule has 3 N–H and O–H groups in total. The summed E-state index contributed by atoms with van der Waals surface area (Å²) in [6, 6.07) is 33.8. The first-order valence-electron chi connectivity index (χ1n) is 16.3. The number of para-hydroxylation sites is 1. The number of anilines is 1. The van der Waals surface area contributed by atoms with E-state index >= 15 is 0 Å². The van der Waals surface area contributed by atoms with Crippen LogP contribution in [-0.4, -0.2) is 42.8 Å². The molecule has 0 bridgehead atoms. The molecule has 0 radical (unpaired) electrons. The van der Waals surface area contributed by atoms with E-state index in [2.05, 4.69) is 10.6 Å². The summed E-state index contributed by atoms with van der Waals surface area (Å²) in [7, 11) is 0. The van der Waals surface area contributed by atoms with E-state index in [1.54, 1.807) is 72.8 Å². The molecule has 9 nitrogen and oxygen atoms in total. The number of hydrogen-bond acceptors (Lipinski definition) is 6. The molecule has 51 heavy (non-hydrogen) atoms. The minimum atomic E-state index is -1.14. The summed E-state index contributed by atoms with van der Waals surface area (Å²) in [6.07, 6.45) is 2.49. The van der Waals surface area contributed by atoms with E-state index in [0.29, 0.717) is 68.0 Å². The average molecular weight is 728 g/mol. The summed E-state index contributed by atoms with van der Waals surface area (Å²) in [6.45, 7) is 0.115. The number of rotatable bonds is 16. The van der Waals surface area contributed by atoms with Gasteiger partial charge >= 0.3 is 12.1 Å². The Kier molecular flexibility index (Phi) is 13.3. The molecular formula is C40H36Cl2N2O7. The Balaban J connectivity index is 1.12. The number of carboxylic acid groups (broad SMARTS) is 1. The molecule has 5 aromatic carbocycles. The summed E-state index contributed by atoms with van der Waals surface area (Å²) in [4.78, 5) is 37.1. The number of benzene rings is 5. The topological polar surface area (TPSA) is 123 Å². The number of carbonyl (C=O) groups is 3. The highest BCUT2D eigenvalue weighted by atomic mass is 35.5. The standard InChI is InChI=1S/C40H36Cl2N2O7/c41-30-12-8-10-27(22-30)35-24-29(25-36(38(35)50-26-37(45)46)28-11-9-13-31(42)23-28)39(47)43-20-6-1-2-7-21-49-40(48)44-32-16-18-34(19-17-32)51-33-14-4-3-5-15-33/h3-5,8-19,22-25H,1-2,6-7,20-21,26H2,(H,43,47)(H,44,48)(H,45,46). The van der Waals surface area contributed by atoms with Gasteiger partial charge in [-0.3, -0.25) is 10.1 Å². The Hall–Kier alpha value is -5.51. The zero-order chi connectivity index (χ0) is 36.0. The van der Waals surface area contributed by atoms with Crippen LogP contribution < -0.4 is 20.1 Å². The third kappa shape index (κ3) is 11.3. The maximum Gasteiger partial charge on any atom is 0.411 e. The van der Waals surface area contributed by atoms with Crippen molar-refractivity contribution < 1.29 is 33.7 Å². The van der Waals surface area contributed by atoms with Crippen LogP contribution >= 0.6 is 23.2 Å². The van der Waals surface area contributed by atoms with Gasteiger partial charge in [-0.05, 0) is 103 Å². The predicted molar refractivity (Wildman–Crippen MR) is 199 cm³/mol. The molecule has 2 amide bonds. The molecule has 0 aromatic heterocycles. The lowest BCUT2D eigenvalue weighted by Crippen LogP contribution is -2.24. The summed E-state index contributed by atoms with van der Waals surface area (Å²) in [5.74, 6) is 0.230. The first kappa shape index (κ1) is 36.8. The Morgan fingerprint density at radius 1 is 0.667 bits per heavy atom. The van der Waals surface area contributed by atoms with Crippen molar-refractivity contribution in [3.63, 3.8) is 0 Å². The normalized spacial score (nSPS) is 10.6. The van der Waals surface area contributed by atoms with Gasteiger partial charge in [0.15, 0.2) is 6.61 Å². The van der Waals surface area contributed by atoms with Crippen molar-refractivity contribution in [2.24, 2.45) is 0 Å². The number of halogens is 2. The van der Waals surface area contributed by atoms with Gasteiger partial charge < -0.3 is 24.6 Å². The molecular weight excluding hydrogens is 691 g/mol. The maximum absolute atomic E-state index is 13.4. The molecule has 0 spiro atoms. The van der Waals surface area contributed by atoms with Gasteiger partial charge in [0.25, 0.3) is 5.91 Å². The number of hydrogen-bond donors (Lipinski definition) is 3. The second kappa shape index (κ2) is 18.5. The van der Waals surface area contributed by atoms with E-state index in [1.165, 1.54) is 0 Å². The number of carboxylic acids is 1. The lowest BCUT2D eigenvalue weighted by molar-refractivity contribution is -0.139. The van der Waals surface area contributed by atoms with Crippen LogP contribution in [-0.2, 0) is 9.53 Å². The molecule has 5 aromatic rings. The van der Waals surface area contributed by atoms with Gasteiger partial charge in [-0.15, -0.1) is 0 Å². The minimum Gasteiger partial charge on any atom is -0.481 e. The fourth-order valence-electron chi connectivity index (χ4n) is 5.22. The smallest absolute Gasteiger partial charge is 0.411 e. The lowest BCUT2D eigenvalue weighted by Gasteiger charge is -2.18. The van der Waals surface area contributed by atoms with Crippen LogP contribution in [0.3, 0.4) is 0 Å². The summed E-state index contributed by atoms with van der Waals surface area (Å²) >= 11 is 12.6. The number of amides is 2. The van der Waals surface area contributed by atoms with Crippen LogP contribution in [0.5, 0.6) is 17.2 Å². The molecule has 0 unspecified atom stereocenters. The fourth-order valence-corrected chi connectivity index (χ4v) is 5.61. The quantitative estimate of drug-likeness (QED) is 0.0865. The third-order valence-corrected chi connectivity index (χ3v) is 8.10. The van der Waals surface area contributed by atoms with E-state index in [0.717, 1.165) is 25.0 Å². The van der Waals surface area contributed by atoms with Crippen molar-refractivity contribution in [1.82, 2.24) is 5.32 Å². The highest BCUT2D eigenvalue weighted by Crippen LogP contribution is 2.41. The molecule has 262 valence electrons. The largest absolute Gasteiger partial charge is 0.481 e. The van der Waals surface area contributed by atoms with Crippen LogP contribution in [0.4, 0.5) is 10.5 Å². The van der Waals surface area contributed by atoms with Gasteiger partial charge in [-0.2, -0.15) is 0 Å². The van der Waals surface area contributed by atoms with E-state index < -0.39 is 18.7 Å². The molecule has 0 saturated heterocycles. The zero-order valence-corrected chi connectivity index (χ0v) is 29.1. The van der Waals surface area contributed by atoms with Gasteiger partial charge in [-0.25, -0.2) is 9.59 Å². The molecule has 0 atom stereocenters. The lowest BCUT2D eigenvalue weighted by atomic mass is 9.94. The zero-order valence-electron chi connectivity index (χ0n) is 27.6. The summed E-state index contributed by atoms with van der Waals surface area (Å²) in [5, 5.41) is 16.0. The van der Waals surface area contributed by atoms with Gasteiger partial charge in [0, 0.05) is 39.0 Å². The highest BCUT2D eigenvalue weighted by molar-refractivity contribution is 6.31. The molecule has 0 aliphatic carbocycles. The van der Waals surface area contributed by atoms with Crippen LogP contribution in [0.1, 0.15) is 36.0 Å². The third-order valence-electron chi connectivity index (χ3n) is 7.63. The van der Waals surface area contributed by atoms with Crippen molar-refractivity contribution in [3.8, 4) is 39.5 Å². The molecule has 0 aliphatic rings. The van der Waals surface area contributed by atoms with Crippen LogP contribution in [0.25, 0.3) is 22.3 Å². The Labute approximate surface area is 306 Å². The SMILES string of the molecule is O=C(O)COc1c(-c2cccc(Cl)c2)cc(C(=O)NCCCCCCOC(=O)Nc2ccc(Oc3ccccc3)cc2)cc1-c1cccc(Cl)c1. The molecule has 5 rings (SSSR count). The number of aliphatic carboxylic acids is 1. The van der Waals surface area contributed by atoms with Crippen LogP contribution in [0.15, 0.2) is 115 Å². The summed E-state index contributed by atoms with van der Waals surface area (Å²) < 4.78 is 16.9. The van der Waals surface area contributed by atoms with E-state index in [4.69, 9.17) is 37.4 Å². The molecule has 0 heterocycles. The van der Waals surface area contributed by atoms with Gasteiger partial charge in [0.2, 0.25) is 0 Å². The molecule has 0 fully saturated rings. The number of ether oxygens (including phenoxy) is 3. The Bertz CT molecular complexity index is 1890. The van der Waals surface area contributed by atoms with Crippen molar-refractivity contribution >= 4 is 46.9 Å². The second-order valence-corrected chi connectivity index (χ2v) is 12.3. The maximum atomic E-state index is 13.4. The predicted octanol–water partition coefficient (Wildman–Crippen LogP) is 10.1. The Morgan fingerprint density at radius 2 is 1.27 bits per heavy atom.